The monoisotopic (exact) mass is 351 g/mol. The Morgan fingerprint density at radius 2 is 1.29 bits per heavy atom. The molecule has 7 nitrogen and oxygen atoms in total. The van der Waals surface area contributed by atoms with Crippen LogP contribution in [0.25, 0.3) is 0 Å². The van der Waals surface area contributed by atoms with Crippen LogP contribution in [0.3, 0.4) is 0 Å². The molecule has 0 spiro atoms. The lowest BCUT2D eigenvalue weighted by atomic mass is 10.1. The van der Waals surface area contributed by atoms with Crippen molar-refractivity contribution >= 4 is 0 Å². The van der Waals surface area contributed by atoms with Crippen LogP contribution in [-0.2, 0) is 23.8 Å². The Kier molecular flexibility index (Phi) is 20.5. The molecule has 0 radical (unpaired) electrons. The van der Waals surface area contributed by atoms with E-state index in [1.807, 2.05) is 0 Å². The van der Waals surface area contributed by atoms with Crippen LogP contribution in [0.4, 0.5) is 0 Å². The van der Waals surface area contributed by atoms with Gasteiger partial charge in [-0.05, 0) is 12.8 Å². The van der Waals surface area contributed by atoms with Crippen LogP contribution in [0.2, 0.25) is 0 Å². The molecule has 0 aromatic rings. The summed E-state index contributed by atoms with van der Waals surface area (Å²) in [4.78, 5) is 4.09. The van der Waals surface area contributed by atoms with Crippen LogP contribution in [0, 0.1) is 0 Å². The Labute approximate surface area is 146 Å². The average Bonchev–Trinajstić information content (AvgIpc) is 2.60. The maximum Gasteiger partial charge on any atom is 0.148 e. The largest absolute Gasteiger partial charge is 0.721 e. The van der Waals surface area contributed by atoms with Crippen LogP contribution in [0.5, 0.6) is 0 Å². The topological polar surface area (TPSA) is 89.4 Å². The van der Waals surface area contributed by atoms with Crippen LogP contribution in [0.1, 0.15) is 51.9 Å². The molecule has 7 heteroatoms. The molecule has 1 unspecified atom stereocenters. The van der Waals surface area contributed by atoms with Crippen molar-refractivity contribution in [2.45, 2.75) is 58.2 Å². The van der Waals surface area contributed by atoms with Gasteiger partial charge in [0.1, 0.15) is 6.29 Å². The summed E-state index contributed by atoms with van der Waals surface area (Å²) >= 11 is 0. The maximum atomic E-state index is 10.6. The van der Waals surface area contributed by atoms with Gasteiger partial charge >= 0.3 is 0 Å². The van der Waals surface area contributed by atoms with Gasteiger partial charge in [0.2, 0.25) is 0 Å². The molecular weight excluding hydrogens is 316 g/mol. The molecule has 0 bridgehead atoms. The van der Waals surface area contributed by atoms with Gasteiger partial charge in [-0.15, -0.1) is 0 Å². The zero-order valence-electron chi connectivity index (χ0n) is 15.1. The second-order valence-electron chi connectivity index (χ2n) is 5.51. The SMILES string of the molecule is CCCCCCCCC(O[O-])OCCOCCOCCOCCO. The highest BCUT2D eigenvalue weighted by Crippen LogP contribution is 2.10. The van der Waals surface area contributed by atoms with Gasteiger partial charge in [0.25, 0.3) is 0 Å². The van der Waals surface area contributed by atoms with Gasteiger partial charge in [0.15, 0.2) is 0 Å². The first kappa shape index (κ1) is 23.7. The third-order valence-electron chi connectivity index (χ3n) is 3.41. The highest BCUT2D eigenvalue weighted by Gasteiger charge is 2.05. The Morgan fingerprint density at radius 1 is 0.750 bits per heavy atom. The van der Waals surface area contributed by atoms with Crippen LogP contribution in [0.15, 0.2) is 0 Å². The Morgan fingerprint density at radius 3 is 1.88 bits per heavy atom. The summed E-state index contributed by atoms with van der Waals surface area (Å²) in [6, 6.07) is 0. The summed E-state index contributed by atoms with van der Waals surface area (Å²) in [5.74, 6) is 0. The van der Waals surface area contributed by atoms with Crippen molar-refractivity contribution in [3.05, 3.63) is 0 Å². The van der Waals surface area contributed by atoms with Crippen LogP contribution in [-0.4, -0.2) is 64.3 Å². The summed E-state index contributed by atoms with van der Waals surface area (Å²) in [5.41, 5.74) is 0. The Bertz CT molecular complexity index is 229. The zero-order valence-corrected chi connectivity index (χ0v) is 15.1. The molecule has 0 amide bonds. The highest BCUT2D eigenvalue weighted by molar-refractivity contribution is 4.48. The normalized spacial score (nSPS) is 12.6. The van der Waals surface area contributed by atoms with Gasteiger partial charge in [0.05, 0.1) is 52.9 Å². The summed E-state index contributed by atoms with van der Waals surface area (Å²) in [6.07, 6.45) is 6.97. The van der Waals surface area contributed by atoms with E-state index in [-0.39, 0.29) is 6.61 Å². The predicted octanol–water partition coefficient (Wildman–Crippen LogP) is 1.41. The van der Waals surface area contributed by atoms with Gasteiger partial charge in [-0.3, -0.25) is 0 Å². The van der Waals surface area contributed by atoms with Gasteiger partial charge in [0, 0.05) is 0 Å². The highest BCUT2D eigenvalue weighted by atomic mass is 17.1. The first-order chi connectivity index (χ1) is 11.8. The molecule has 1 atom stereocenters. The predicted molar refractivity (Wildman–Crippen MR) is 88.4 cm³/mol. The van der Waals surface area contributed by atoms with Crippen LogP contribution >= 0.6 is 0 Å². The third-order valence-corrected chi connectivity index (χ3v) is 3.41. The molecule has 0 rings (SSSR count). The first-order valence-corrected chi connectivity index (χ1v) is 9.09. The van der Waals surface area contributed by atoms with E-state index < -0.39 is 6.29 Å². The molecule has 0 aliphatic rings. The van der Waals surface area contributed by atoms with E-state index in [9.17, 15) is 5.26 Å². The van der Waals surface area contributed by atoms with Crippen molar-refractivity contribution < 1.29 is 34.2 Å². The molecule has 0 aromatic carbocycles. The number of hydrogen-bond donors (Lipinski definition) is 1. The number of rotatable bonds is 20. The smallest absolute Gasteiger partial charge is 0.148 e. The second kappa shape index (κ2) is 20.8. The molecule has 0 heterocycles. The number of ether oxygens (including phenoxy) is 4. The van der Waals surface area contributed by atoms with Crippen molar-refractivity contribution in [2.75, 3.05) is 52.9 Å². The number of aliphatic hydroxyl groups is 1. The molecule has 0 saturated heterocycles. The van der Waals surface area contributed by atoms with Crippen molar-refractivity contribution in [1.29, 1.82) is 0 Å². The van der Waals surface area contributed by atoms with E-state index in [2.05, 4.69) is 11.8 Å². The third kappa shape index (κ3) is 18.1. The lowest BCUT2D eigenvalue weighted by Crippen LogP contribution is -2.25. The van der Waals surface area contributed by atoms with E-state index in [1.165, 1.54) is 25.7 Å². The summed E-state index contributed by atoms with van der Waals surface area (Å²) in [6.45, 7) is 5.16. The van der Waals surface area contributed by atoms with Crippen molar-refractivity contribution in [3.63, 3.8) is 0 Å². The van der Waals surface area contributed by atoms with Gasteiger partial charge in [-0.25, -0.2) is 0 Å². The van der Waals surface area contributed by atoms with E-state index in [1.54, 1.807) is 0 Å². The fraction of sp³-hybridized carbons (Fsp3) is 1.00. The van der Waals surface area contributed by atoms with Gasteiger partial charge < -0.3 is 34.2 Å². The van der Waals surface area contributed by atoms with Crippen LogP contribution < -0.4 is 5.26 Å². The summed E-state index contributed by atoms with van der Waals surface area (Å²) in [5, 5.41) is 19.1. The quantitative estimate of drug-likeness (QED) is 0.153. The summed E-state index contributed by atoms with van der Waals surface area (Å²) < 4.78 is 21.0. The van der Waals surface area contributed by atoms with Crippen molar-refractivity contribution in [2.24, 2.45) is 0 Å². The van der Waals surface area contributed by atoms with Gasteiger partial charge in [-0.1, -0.05) is 39.0 Å². The van der Waals surface area contributed by atoms with E-state index >= 15 is 0 Å². The molecule has 0 aliphatic carbocycles. The van der Waals surface area contributed by atoms with Crippen molar-refractivity contribution in [3.8, 4) is 0 Å². The molecule has 0 aliphatic heterocycles. The molecule has 24 heavy (non-hydrogen) atoms. The minimum atomic E-state index is -0.681. The van der Waals surface area contributed by atoms with E-state index in [0.717, 1.165) is 12.8 Å². The minimum Gasteiger partial charge on any atom is -0.721 e. The standard InChI is InChI=1S/C17H36O7/c1-2-3-4-5-6-7-8-17(24-19)23-16-15-22-14-13-21-12-11-20-10-9-18/h17-19H,2-16H2,1H3/p-1. The molecule has 1 N–H and O–H groups in total. The maximum absolute atomic E-state index is 10.6. The Balaban J connectivity index is 3.25. The lowest BCUT2D eigenvalue weighted by Gasteiger charge is -2.21. The van der Waals surface area contributed by atoms with E-state index in [4.69, 9.17) is 24.1 Å². The first-order valence-electron chi connectivity index (χ1n) is 9.09. The molecule has 0 saturated carbocycles. The zero-order chi connectivity index (χ0) is 17.7. The average molecular weight is 351 g/mol. The summed E-state index contributed by atoms with van der Waals surface area (Å²) in [7, 11) is 0. The molecule has 146 valence electrons. The number of aliphatic hydroxyl groups excluding tert-OH is 1. The lowest BCUT2D eigenvalue weighted by molar-refractivity contribution is -0.718. The molecule has 0 aromatic heterocycles. The van der Waals surface area contributed by atoms with E-state index in [0.29, 0.717) is 52.7 Å². The molecular formula is C17H35O7-. The minimum absolute atomic E-state index is 0.0238. The molecule has 0 fully saturated rings. The number of unbranched alkanes of at least 4 members (excludes halogenated alkanes) is 5. The second-order valence-corrected chi connectivity index (χ2v) is 5.51. The van der Waals surface area contributed by atoms with Gasteiger partial charge in [-0.2, -0.15) is 0 Å². The number of hydrogen-bond acceptors (Lipinski definition) is 7. The fourth-order valence-electron chi connectivity index (χ4n) is 2.10. The fourth-order valence-corrected chi connectivity index (χ4v) is 2.10. The Hall–Kier alpha value is -0.280. The van der Waals surface area contributed by atoms with Crippen molar-refractivity contribution in [1.82, 2.24) is 0 Å².